The first kappa shape index (κ1) is 20.1. The van der Waals surface area contributed by atoms with Gasteiger partial charge < -0.3 is 10.3 Å². The standard InChI is InChI=1S/C26H37N3O/c1-2-26(16-13-23(30)27-19-9-4-3-5-10-19)15-8-17-29-18-14-21-20-11-6-7-12-22(20)28-24(21)25(26)29/h6-7,11-12,19,25,28H,2-5,8-10,13-18H2,1H3,(H,27,30)/t25-,26-/m1/s1. The minimum absolute atomic E-state index is 0.193. The molecule has 162 valence electrons. The lowest BCUT2D eigenvalue weighted by Crippen LogP contribution is -2.49. The van der Waals surface area contributed by atoms with E-state index in [9.17, 15) is 4.79 Å². The minimum atomic E-state index is 0.193. The highest BCUT2D eigenvalue weighted by Crippen LogP contribution is 2.53. The number of aromatic nitrogens is 1. The van der Waals surface area contributed by atoms with Gasteiger partial charge >= 0.3 is 0 Å². The third kappa shape index (κ3) is 3.57. The summed E-state index contributed by atoms with van der Waals surface area (Å²) < 4.78 is 0. The number of carbonyl (C=O) groups is 1. The summed E-state index contributed by atoms with van der Waals surface area (Å²) in [4.78, 5) is 19.4. The first-order chi connectivity index (χ1) is 14.7. The van der Waals surface area contributed by atoms with Crippen LogP contribution in [0.25, 0.3) is 10.9 Å². The summed E-state index contributed by atoms with van der Waals surface area (Å²) in [5.41, 5.74) is 4.43. The van der Waals surface area contributed by atoms with Crippen LogP contribution in [0.2, 0.25) is 0 Å². The van der Waals surface area contributed by atoms with Gasteiger partial charge in [-0.15, -0.1) is 0 Å². The molecule has 0 bridgehead atoms. The molecule has 30 heavy (non-hydrogen) atoms. The summed E-state index contributed by atoms with van der Waals surface area (Å²) in [6.45, 7) is 4.69. The zero-order chi connectivity index (χ0) is 20.6. The minimum Gasteiger partial charge on any atom is -0.357 e. The number of piperidine rings is 1. The van der Waals surface area contributed by atoms with Crippen molar-refractivity contribution < 1.29 is 4.79 Å². The molecule has 0 spiro atoms. The van der Waals surface area contributed by atoms with Crippen LogP contribution in [-0.2, 0) is 11.2 Å². The molecular formula is C26H37N3O. The number of hydrogen-bond donors (Lipinski definition) is 2. The van der Waals surface area contributed by atoms with Gasteiger partial charge in [0, 0.05) is 35.6 Å². The summed E-state index contributed by atoms with van der Waals surface area (Å²) in [7, 11) is 0. The van der Waals surface area contributed by atoms with Crippen molar-refractivity contribution >= 4 is 16.8 Å². The molecule has 3 heterocycles. The fraction of sp³-hybridized carbons (Fsp3) is 0.654. The number of amides is 1. The topological polar surface area (TPSA) is 48.1 Å². The van der Waals surface area contributed by atoms with Crippen LogP contribution in [0, 0.1) is 5.41 Å². The van der Waals surface area contributed by atoms with Gasteiger partial charge in [-0.05, 0) is 68.5 Å². The molecule has 2 N–H and O–H groups in total. The van der Waals surface area contributed by atoms with E-state index >= 15 is 0 Å². The summed E-state index contributed by atoms with van der Waals surface area (Å²) in [6.07, 6.45) is 12.6. The van der Waals surface area contributed by atoms with Crippen LogP contribution in [-0.4, -0.2) is 34.9 Å². The Morgan fingerprint density at radius 1 is 1.17 bits per heavy atom. The van der Waals surface area contributed by atoms with Crippen LogP contribution in [0.4, 0.5) is 0 Å². The summed E-state index contributed by atoms with van der Waals surface area (Å²) >= 11 is 0. The molecule has 1 saturated carbocycles. The van der Waals surface area contributed by atoms with Crippen molar-refractivity contribution in [2.45, 2.75) is 89.6 Å². The fourth-order valence-electron chi connectivity index (χ4n) is 6.71. The summed E-state index contributed by atoms with van der Waals surface area (Å²) in [6, 6.07) is 9.62. The number of benzene rings is 1. The van der Waals surface area contributed by atoms with Crippen LogP contribution in [0.1, 0.15) is 88.4 Å². The Kier molecular flexibility index (Phi) is 5.61. The number of nitrogens with zero attached hydrogens (tertiary/aromatic N) is 1. The molecule has 1 aliphatic carbocycles. The average Bonchev–Trinajstić information content (AvgIpc) is 3.17. The van der Waals surface area contributed by atoms with Crippen molar-refractivity contribution in [2.75, 3.05) is 13.1 Å². The lowest BCUT2D eigenvalue weighted by atomic mass is 9.65. The molecule has 1 amide bonds. The van der Waals surface area contributed by atoms with Gasteiger partial charge in [-0.3, -0.25) is 9.69 Å². The SMILES string of the molecule is CC[C@]1(CCC(=O)NC2CCCCC2)CCCN2CCc3c([nH]c4ccccc34)[C@@H]21. The molecule has 1 aromatic carbocycles. The van der Waals surface area contributed by atoms with Crippen LogP contribution < -0.4 is 5.32 Å². The van der Waals surface area contributed by atoms with Gasteiger partial charge in [0.1, 0.15) is 0 Å². The molecule has 1 aromatic heterocycles. The molecule has 0 radical (unpaired) electrons. The van der Waals surface area contributed by atoms with Crippen molar-refractivity contribution in [1.29, 1.82) is 0 Å². The Hall–Kier alpha value is -1.81. The smallest absolute Gasteiger partial charge is 0.220 e. The highest BCUT2D eigenvalue weighted by molar-refractivity contribution is 5.85. The lowest BCUT2D eigenvalue weighted by Gasteiger charge is -2.52. The Labute approximate surface area is 180 Å². The molecule has 0 unspecified atom stereocenters. The Balaban J connectivity index is 1.38. The van der Waals surface area contributed by atoms with Crippen molar-refractivity contribution in [3.63, 3.8) is 0 Å². The molecule has 2 aliphatic heterocycles. The maximum atomic E-state index is 12.8. The van der Waals surface area contributed by atoms with Gasteiger partial charge in [0.2, 0.25) is 5.91 Å². The predicted octanol–water partition coefficient (Wildman–Crippen LogP) is 5.49. The lowest BCUT2D eigenvalue weighted by molar-refractivity contribution is -0.123. The van der Waals surface area contributed by atoms with E-state index in [0.717, 1.165) is 25.8 Å². The number of fused-ring (bicyclic) bond motifs is 5. The Morgan fingerprint density at radius 3 is 2.83 bits per heavy atom. The highest BCUT2D eigenvalue weighted by atomic mass is 16.1. The first-order valence-corrected chi connectivity index (χ1v) is 12.3. The van der Waals surface area contributed by atoms with Crippen molar-refractivity contribution in [2.24, 2.45) is 5.41 Å². The molecule has 4 heteroatoms. The number of nitrogens with one attached hydrogen (secondary N) is 2. The molecular weight excluding hydrogens is 370 g/mol. The van der Waals surface area contributed by atoms with Gasteiger partial charge in [-0.2, -0.15) is 0 Å². The number of aromatic amines is 1. The van der Waals surface area contributed by atoms with E-state index in [1.54, 1.807) is 0 Å². The molecule has 2 fully saturated rings. The molecule has 1 saturated heterocycles. The molecule has 2 atom stereocenters. The molecule has 4 nitrogen and oxygen atoms in total. The van der Waals surface area contributed by atoms with E-state index in [1.807, 2.05) is 0 Å². The number of rotatable bonds is 5. The van der Waals surface area contributed by atoms with Gasteiger partial charge in [0.25, 0.3) is 0 Å². The fourth-order valence-corrected chi connectivity index (χ4v) is 6.71. The third-order valence-corrected chi connectivity index (χ3v) is 8.36. The van der Waals surface area contributed by atoms with Gasteiger partial charge in [0.15, 0.2) is 0 Å². The second kappa shape index (κ2) is 8.37. The Bertz CT molecular complexity index is 897. The number of hydrogen-bond acceptors (Lipinski definition) is 2. The van der Waals surface area contributed by atoms with Crippen LogP contribution >= 0.6 is 0 Å². The van der Waals surface area contributed by atoms with E-state index in [1.165, 1.54) is 73.7 Å². The quantitative estimate of drug-likeness (QED) is 0.689. The number of para-hydroxylation sites is 1. The third-order valence-electron chi connectivity index (χ3n) is 8.36. The largest absolute Gasteiger partial charge is 0.357 e. The maximum Gasteiger partial charge on any atom is 0.220 e. The first-order valence-electron chi connectivity index (χ1n) is 12.3. The van der Waals surface area contributed by atoms with Crippen LogP contribution in [0.15, 0.2) is 24.3 Å². The van der Waals surface area contributed by atoms with E-state index in [0.29, 0.717) is 18.5 Å². The zero-order valence-electron chi connectivity index (χ0n) is 18.5. The van der Waals surface area contributed by atoms with Crippen LogP contribution in [0.5, 0.6) is 0 Å². The number of H-pyrrole nitrogens is 1. The zero-order valence-corrected chi connectivity index (χ0v) is 18.5. The maximum absolute atomic E-state index is 12.8. The van der Waals surface area contributed by atoms with Crippen molar-refractivity contribution in [3.8, 4) is 0 Å². The molecule has 3 aliphatic rings. The second-order valence-corrected chi connectivity index (χ2v) is 9.97. The van der Waals surface area contributed by atoms with Gasteiger partial charge in [-0.1, -0.05) is 44.4 Å². The summed E-state index contributed by atoms with van der Waals surface area (Å²) in [5, 5.41) is 4.75. The van der Waals surface area contributed by atoms with Crippen molar-refractivity contribution in [1.82, 2.24) is 15.2 Å². The average molecular weight is 408 g/mol. The molecule has 2 aromatic rings. The van der Waals surface area contributed by atoms with Crippen molar-refractivity contribution in [3.05, 3.63) is 35.5 Å². The Morgan fingerprint density at radius 2 is 2.00 bits per heavy atom. The second-order valence-electron chi connectivity index (χ2n) is 9.97. The highest BCUT2D eigenvalue weighted by Gasteiger charge is 2.47. The van der Waals surface area contributed by atoms with E-state index < -0.39 is 0 Å². The van der Waals surface area contributed by atoms with E-state index in [2.05, 4.69) is 46.4 Å². The van der Waals surface area contributed by atoms with E-state index in [4.69, 9.17) is 0 Å². The van der Waals surface area contributed by atoms with E-state index in [-0.39, 0.29) is 11.3 Å². The van der Waals surface area contributed by atoms with Gasteiger partial charge in [0.05, 0.1) is 6.04 Å². The number of carbonyl (C=O) groups excluding carboxylic acids is 1. The van der Waals surface area contributed by atoms with Crippen LogP contribution in [0.3, 0.4) is 0 Å². The predicted molar refractivity (Wildman–Crippen MR) is 123 cm³/mol. The summed E-state index contributed by atoms with van der Waals surface area (Å²) in [5.74, 6) is 0.277. The van der Waals surface area contributed by atoms with Gasteiger partial charge in [-0.25, -0.2) is 0 Å². The molecule has 5 rings (SSSR count). The normalized spacial score (nSPS) is 27.6. The monoisotopic (exact) mass is 407 g/mol.